The first-order chi connectivity index (χ1) is 12.0. The topological polar surface area (TPSA) is 37.4 Å². The summed E-state index contributed by atoms with van der Waals surface area (Å²) >= 11 is 7.86. The summed E-state index contributed by atoms with van der Waals surface area (Å²) in [7, 11) is 0. The number of rotatable bonds is 4. The monoisotopic (exact) mass is 477 g/mol. The average Bonchev–Trinajstić information content (AvgIpc) is 2.85. The molecule has 1 saturated heterocycles. The van der Waals surface area contributed by atoms with Crippen LogP contribution >= 0.6 is 43.6 Å². The Labute approximate surface area is 167 Å². The molecule has 3 nitrogen and oxygen atoms in total. The Morgan fingerprint density at radius 3 is 2.44 bits per heavy atom. The van der Waals surface area contributed by atoms with Gasteiger partial charge in [-0.05, 0) is 41.1 Å². The van der Waals surface area contributed by atoms with Crippen LogP contribution in [0.5, 0.6) is 0 Å². The normalized spacial score (nSPS) is 16.8. The zero-order chi connectivity index (χ0) is 17.8. The molecule has 25 heavy (non-hydrogen) atoms. The number of hydrogen-bond donors (Lipinski definition) is 0. The number of carbonyl (C=O) groups is 2. The predicted octanol–water partition coefficient (Wildman–Crippen LogP) is 5.96. The van der Waals surface area contributed by atoms with E-state index in [0.717, 1.165) is 31.8 Å². The maximum Gasteiger partial charge on any atom is 0.293 e. The Kier molecular flexibility index (Phi) is 5.93. The van der Waals surface area contributed by atoms with Gasteiger partial charge in [0.25, 0.3) is 11.1 Å². The average molecular weight is 479 g/mol. The molecule has 126 valence electrons. The molecule has 3 rings (SSSR count). The molecule has 0 atom stereocenters. The Bertz CT molecular complexity index is 878. The van der Waals surface area contributed by atoms with Crippen LogP contribution in [0, 0.1) is 0 Å². The minimum absolute atomic E-state index is 0.253. The number of thioether (sulfide) groups is 1. The molecule has 2 aromatic carbocycles. The van der Waals surface area contributed by atoms with Gasteiger partial charge in [-0.2, -0.15) is 0 Å². The number of allylic oxidation sites excluding steroid dienone is 2. The maximum absolute atomic E-state index is 12.6. The fourth-order valence-electron chi connectivity index (χ4n) is 2.31. The third-order valence-electron chi connectivity index (χ3n) is 3.53. The summed E-state index contributed by atoms with van der Waals surface area (Å²) in [4.78, 5) is 26.5. The number of hydrogen-bond acceptors (Lipinski definition) is 3. The lowest BCUT2D eigenvalue weighted by Crippen LogP contribution is -2.27. The first-order valence-electron chi connectivity index (χ1n) is 7.45. The van der Waals surface area contributed by atoms with Gasteiger partial charge in [-0.25, -0.2) is 0 Å². The highest BCUT2D eigenvalue weighted by molar-refractivity contribution is 9.12. The molecule has 0 bridgehead atoms. The van der Waals surface area contributed by atoms with E-state index >= 15 is 0 Å². The molecule has 1 fully saturated rings. The third kappa shape index (κ3) is 4.51. The van der Waals surface area contributed by atoms with Gasteiger partial charge < -0.3 is 0 Å². The lowest BCUT2D eigenvalue weighted by molar-refractivity contribution is -0.123. The van der Waals surface area contributed by atoms with Crippen LogP contribution in [0.15, 0.2) is 74.5 Å². The Morgan fingerprint density at radius 2 is 1.72 bits per heavy atom. The minimum atomic E-state index is -0.274. The predicted molar refractivity (Wildman–Crippen MR) is 109 cm³/mol. The molecular formula is C19H13Br2NO2S. The summed E-state index contributed by atoms with van der Waals surface area (Å²) in [5.41, 5.74) is 1.91. The smallest absolute Gasteiger partial charge is 0.268 e. The first kappa shape index (κ1) is 18.2. The van der Waals surface area contributed by atoms with Gasteiger partial charge in [0.1, 0.15) is 0 Å². The van der Waals surface area contributed by atoms with E-state index in [1.54, 1.807) is 6.08 Å². The molecule has 1 aliphatic heterocycles. The number of nitrogens with zero attached hydrogens (tertiary/aromatic N) is 1. The fourth-order valence-corrected chi connectivity index (χ4v) is 4.19. The highest BCUT2D eigenvalue weighted by Crippen LogP contribution is 2.34. The van der Waals surface area contributed by atoms with Gasteiger partial charge in [0.2, 0.25) is 0 Å². The molecular weight excluding hydrogens is 466 g/mol. The van der Waals surface area contributed by atoms with Gasteiger partial charge in [-0.15, -0.1) is 0 Å². The van der Waals surface area contributed by atoms with E-state index in [1.807, 2.05) is 60.7 Å². The summed E-state index contributed by atoms with van der Waals surface area (Å²) in [5.74, 6) is -0.274. The molecule has 0 aliphatic carbocycles. The zero-order valence-corrected chi connectivity index (χ0v) is 17.0. The van der Waals surface area contributed by atoms with Crippen LogP contribution < -0.4 is 0 Å². The van der Waals surface area contributed by atoms with Crippen LogP contribution in [-0.2, 0) is 11.3 Å². The molecule has 0 saturated carbocycles. The second-order valence-electron chi connectivity index (χ2n) is 5.30. The lowest BCUT2D eigenvalue weighted by Gasteiger charge is -2.13. The molecule has 6 heteroatoms. The van der Waals surface area contributed by atoms with Crippen LogP contribution in [0.2, 0.25) is 0 Å². The molecule has 2 aromatic rings. The Hall–Kier alpha value is -1.63. The summed E-state index contributed by atoms with van der Waals surface area (Å²) in [6.45, 7) is 0.253. The lowest BCUT2D eigenvalue weighted by atomic mass is 10.2. The highest BCUT2D eigenvalue weighted by atomic mass is 79.9. The number of halogens is 2. The van der Waals surface area contributed by atoms with Gasteiger partial charge in [-0.1, -0.05) is 80.4 Å². The standard InChI is InChI=1S/C19H13Br2NO2S/c20-15(10-13-6-2-1-3-7-13)11-17-18(23)22(19(24)25-17)12-14-8-4-5-9-16(14)21/h1-11H,12H2/b15-10-,17-11-. The van der Waals surface area contributed by atoms with E-state index in [0.29, 0.717) is 4.91 Å². The highest BCUT2D eigenvalue weighted by Gasteiger charge is 2.35. The van der Waals surface area contributed by atoms with E-state index in [1.165, 1.54) is 4.90 Å². The zero-order valence-electron chi connectivity index (χ0n) is 13.0. The SMILES string of the molecule is O=C1S/C(=C\C(Br)=C\c2ccccc2)C(=O)N1Cc1ccccc1Br. The second kappa shape index (κ2) is 8.17. The molecule has 2 amide bonds. The Balaban J connectivity index is 1.79. The van der Waals surface area contributed by atoms with Crippen molar-refractivity contribution in [3.63, 3.8) is 0 Å². The van der Waals surface area contributed by atoms with E-state index in [2.05, 4.69) is 31.9 Å². The largest absolute Gasteiger partial charge is 0.293 e. The van der Waals surface area contributed by atoms with Crippen LogP contribution in [0.3, 0.4) is 0 Å². The van der Waals surface area contributed by atoms with Crippen LogP contribution in [0.1, 0.15) is 11.1 Å². The summed E-state index contributed by atoms with van der Waals surface area (Å²) in [6.07, 6.45) is 3.60. The molecule has 0 unspecified atom stereocenters. The van der Waals surface area contributed by atoms with Crippen molar-refractivity contribution in [1.82, 2.24) is 4.90 Å². The molecule has 0 radical (unpaired) electrons. The fraction of sp³-hybridized carbons (Fsp3) is 0.0526. The van der Waals surface area contributed by atoms with Gasteiger partial charge in [0, 0.05) is 8.96 Å². The van der Waals surface area contributed by atoms with Crippen molar-refractivity contribution < 1.29 is 9.59 Å². The van der Waals surface area contributed by atoms with Crippen molar-refractivity contribution in [2.75, 3.05) is 0 Å². The van der Waals surface area contributed by atoms with Crippen LogP contribution in [0.4, 0.5) is 4.79 Å². The quantitative estimate of drug-likeness (QED) is 0.508. The van der Waals surface area contributed by atoms with Crippen molar-refractivity contribution in [1.29, 1.82) is 0 Å². The second-order valence-corrected chi connectivity index (χ2v) is 8.06. The summed E-state index contributed by atoms with van der Waals surface area (Å²) in [6, 6.07) is 17.3. The van der Waals surface area contributed by atoms with E-state index < -0.39 is 0 Å². The van der Waals surface area contributed by atoms with Crippen molar-refractivity contribution in [2.45, 2.75) is 6.54 Å². The number of amides is 2. The molecule has 0 aromatic heterocycles. The number of imide groups is 1. The Morgan fingerprint density at radius 1 is 1.04 bits per heavy atom. The summed E-state index contributed by atoms with van der Waals surface area (Å²) < 4.78 is 1.62. The van der Waals surface area contributed by atoms with E-state index in [9.17, 15) is 9.59 Å². The molecule has 1 heterocycles. The van der Waals surface area contributed by atoms with Crippen LogP contribution in [0.25, 0.3) is 6.08 Å². The maximum atomic E-state index is 12.6. The van der Waals surface area contributed by atoms with Crippen molar-refractivity contribution in [2.24, 2.45) is 0 Å². The molecule has 0 N–H and O–H groups in total. The summed E-state index contributed by atoms with van der Waals surface area (Å²) in [5, 5.41) is -0.257. The third-order valence-corrected chi connectivity index (χ3v) is 5.67. The van der Waals surface area contributed by atoms with Gasteiger partial charge in [0.15, 0.2) is 0 Å². The van der Waals surface area contributed by atoms with Gasteiger partial charge >= 0.3 is 0 Å². The van der Waals surface area contributed by atoms with Gasteiger partial charge in [0.05, 0.1) is 11.4 Å². The van der Waals surface area contributed by atoms with Crippen molar-refractivity contribution in [3.8, 4) is 0 Å². The first-order valence-corrected chi connectivity index (χ1v) is 9.86. The minimum Gasteiger partial charge on any atom is -0.268 e. The number of carbonyl (C=O) groups excluding carboxylic acids is 2. The number of benzene rings is 2. The van der Waals surface area contributed by atoms with E-state index in [-0.39, 0.29) is 17.7 Å². The van der Waals surface area contributed by atoms with E-state index in [4.69, 9.17) is 0 Å². The molecule has 1 aliphatic rings. The molecule has 0 spiro atoms. The van der Waals surface area contributed by atoms with Crippen molar-refractivity contribution >= 4 is 60.8 Å². The van der Waals surface area contributed by atoms with Crippen LogP contribution in [-0.4, -0.2) is 16.0 Å². The van der Waals surface area contributed by atoms with Gasteiger partial charge in [-0.3, -0.25) is 14.5 Å². The van der Waals surface area contributed by atoms with Crippen molar-refractivity contribution in [3.05, 3.63) is 85.7 Å².